The van der Waals surface area contributed by atoms with Gasteiger partial charge in [-0.3, -0.25) is 19.5 Å². The number of aromatic nitrogens is 1. The molecule has 1 amide bonds. The Hall–Kier alpha value is -5.54. The molecule has 0 unspecified atom stereocenters. The van der Waals surface area contributed by atoms with Crippen LogP contribution in [0.2, 0.25) is 0 Å². The van der Waals surface area contributed by atoms with E-state index in [-0.39, 0.29) is 25.4 Å². The van der Waals surface area contributed by atoms with Crippen molar-refractivity contribution in [2.24, 2.45) is 0 Å². The van der Waals surface area contributed by atoms with E-state index in [1.165, 1.54) is 16.7 Å². The molecule has 1 aromatic heterocycles. The molecule has 0 fully saturated rings. The number of thioether (sulfide) groups is 1. The third kappa shape index (κ3) is 10.1. The van der Waals surface area contributed by atoms with Crippen molar-refractivity contribution < 1.29 is 19.8 Å². The largest absolute Gasteiger partial charge is 0.480 e. The Morgan fingerprint density at radius 2 is 1.30 bits per heavy atom. The SMILES string of the molecule is O=C(O)CN(Cc1cccc(CNC(=O)C[C@H](O)/C=C/CCSC(c2ccccc2)(c2ccccc2)c2ccccc2)n1)Cc1cccc2ccccc12. The van der Waals surface area contributed by atoms with Gasteiger partial charge in [0.05, 0.1) is 41.7 Å². The number of hydrogen-bond acceptors (Lipinski definition) is 6. The van der Waals surface area contributed by atoms with Gasteiger partial charge in [-0.25, -0.2) is 0 Å². The molecule has 0 bridgehead atoms. The Morgan fingerprint density at radius 3 is 1.94 bits per heavy atom. The minimum absolute atomic E-state index is 0.0667. The third-order valence-corrected chi connectivity index (χ3v) is 10.8. The van der Waals surface area contributed by atoms with Gasteiger partial charge in [0.25, 0.3) is 0 Å². The molecular weight excluding hydrogens is 691 g/mol. The summed E-state index contributed by atoms with van der Waals surface area (Å²) >= 11 is 1.86. The van der Waals surface area contributed by atoms with Crippen LogP contribution in [0.4, 0.5) is 0 Å². The highest BCUT2D eigenvalue weighted by Crippen LogP contribution is 2.48. The van der Waals surface area contributed by atoms with E-state index in [4.69, 9.17) is 4.98 Å². The highest BCUT2D eigenvalue weighted by molar-refractivity contribution is 8.00. The average Bonchev–Trinajstić information content (AvgIpc) is 3.19. The molecule has 3 N–H and O–H groups in total. The number of aliphatic carboxylic acids is 1. The van der Waals surface area contributed by atoms with Crippen LogP contribution in [0.1, 0.15) is 46.5 Å². The topological polar surface area (TPSA) is 103 Å². The summed E-state index contributed by atoms with van der Waals surface area (Å²) in [6.45, 7) is 0.850. The van der Waals surface area contributed by atoms with Crippen LogP contribution in [0.25, 0.3) is 10.8 Å². The van der Waals surface area contributed by atoms with Gasteiger partial charge < -0.3 is 15.5 Å². The quantitative estimate of drug-likeness (QED) is 0.0463. The number of hydrogen-bond donors (Lipinski definition) is 3. The molecule has 0 aliphatic rings. The van der Waals surface area contributed by atoms with Gasteiger partial charge in [0.1, 0.15) is 0 Å². The molecule has 0 saturated heterocycles. The number of fused-ring (bicyclic) bond motifs is 1. The Morgan fingerprint density at radius 1 is 0.722 bits per heavy atom. The molecule has 1 heterocycles. The summed E-state index contributed by atoms with van der Waals surface area (Å²) in [5.74, 6) is -0.403. The van der Waals surface area contributed by atoms with Gasteiger partial charge in [-0.2, -0.15) is 0 Å². The Labute approximate surface area is 321 Å². The summed E-state index contributed by atoms with van der Waals surface area (Å²) in [5.41, 5.74) is 6.01. The highest BCUT2D eigenvalue weighted by atomic mass is 32.2. The lowest BCUT2D eigenvalue weighted by molar-refractivity contribution is -0.138. The van der Waals surface area contributed by atoms with Crippen LogP contribution in [-0.2, 0) is 34.0 Å². The van der Waals surface area contributed by atoms with Gasteiger partial charge in [0, 0.05) is 13.1 Å². The van der Waals surface area contributed by atoms with Crippen molar-refractivity contribution >= 4 is 34.4 Å². The molecule has 8 heteroatoms. The van der Waals surface area contributed by atoms with Crippen molar-refractivity contribution in [3.63, 3.8) is 0 Å². The van der Waals surface area contributed by atoms with Gasteiger partial charge >= 0.3 is 5.97 Å². The van der Waals surface area contributed by atoms with Crippen LogP contribution in [0.15, 0.2) is 164 Å². The van der Waals surface area contributed by atoms with E-state index in [2.05, 4.69) is 78.1 Å². The molecule has 54 heavy (non-hydrogen) atoms. The molecule has 274 valence electrons. The number of carbonyl (C=O) groups excluding carboxylic acids is 1. The second-order valence-corrected chi connectivity index (χ2v) is 14.5. The van der Waals surface area contributed by atoms with E-state index in [9.17, 15) is 19.8 Å². The lowest BCUT2D eigenvalue weighted by Crippen LogP contribution is -2.30. The van der Waals surface area contributed by atoms with Crippen LogP contribution in [0, 0.1) is 0 Å². The zero-order chi connectivity index (χ0) is 37.6. The van der Waals surface area contributed by atoms with Crippen LogP contribution >= 0.6 is 11.8 Å². The number of rotatable bonds is 18. The Balaban J connectivity index is 1.02. The smallest absolute Gasteiger partial charge is 0.317 e. The monoisotopic (exact) mass is 735 g/mol. The van der Waals surface area contributed by atoms with E-state index in [1.54, 1.807) is 6.08 Å². The molecule has 0 radical (unpaired) electrons. The Kier molecular flexibility index (Phi) is 13.4. The second kappa shape index (κ2) is 19.0. The predicted molar refractivity (Wildman–Crippen MR) is 218 cm³/mol. The van der Waals surface area contributed by atoms with Crippen molar-refractivity contribution in [2.45, 2.75) is 43.3 Å². The first kappa shape index (κ1) is 38.2. The standard InChI is InChI=1S/C46H45N3O4S/c50-42(27-12-13-29-54-46(37-19-4-1-5-20-37,38-21-6-2-7-22-38)39-23-8-3-9-24-39)30-44(51)47-31-40-25-15-26-41(48-40)33-49(34-45(52)53)32-36-18-14-17-35-16-10-11-28-43(35)36/h1-12,14-28,42,50H,13,29-34H2,(H,47,51)(H,52,53)/b27-12+/t42-/m1/s1. The molecule has 0 saturated carbocycles. The zero-order valence-electron chi connectivity index (χ0n) is 30.1. The molecule has 0 spiro atoms. The molecular formula is C46H45N3O4S. The number of pyridine rings is 1. The number of nitrogens with zero attached hydrogens (tertiary/aromatic N) is 2. The molecule has 0 aliphatic heterocycles. The molecule has 6 aromatic rings. The first-order valence-corrected chi connectivity index (χ1v) is 19.2. The first-order chi connectivity index (χ1) is 26.4. The summed E-state index contributed by atoms with van der Waals surface area (Å²) in [4.78, 5) is 31.1. The lowest BCUT2D eigenvalue weighted by atomic mass is 9.84. The van der Waals surface area contributed by atoms with E-state index in [0.29, 0.717) is 30.9 Å². The summed E-state index contributed by atoms with van der Waals surface area (Å²) in [5, 5.41) is 25.4. The molecule has 6 rings (SSSR count). The number of carbonyl (C=O) groups is 2. The minimum Gasteiger partial charge on any atom is -0.480 e. The van der Waals surface area contributed by atoms with Gasteiger partial charge in [-0.15, -0.1) is 11.8 Å². The molecule has 7 nitrogen and oxygen atoms in total. The average molecular weight is 736 g/mol. The first-order valence-electron chi connectivity index (χ1n) is 18.2. The summed E-state index contributed by atoms with van der Waals surface area (Å²) < 4.78 is -0.410. The van der Waals surface area contributed by atoms with Crippen molar-refractivity contribution in [3.05, 3.63) is 197 Å². The summed E-state index contributed by atoms with van der Waals surface area (Å²) in [7, 11) is 0. The minimum atomic E-state index is -0.921. The summed E-state index contributed by atoms with van der Waals surface area (Å²) in [6, 6.07) is 51.3. The van der Waals surface area contributed by atoms with Crippen LogP contribution in [-0.4, -0.2) is 50.4 Å². The van der Waals surface area contributed by atoms with Gasteiger partial charge in [0.15, 0.2) is 0 Å². The maximum atomic E-state index is 12.8. The molecule has 0 aliphatic carbocycles. The second-order valence-electron chi connectivity index (χ2n) is 13.2. The number of benzene rings is 5. The van der Waals surface area contributed by atoms with Gasteiger partial charge in [0.2, 0.25) is 5.91 Å². The van der Waals surface area contributed by atoms with E-state index in [0.717, 1.165) is 22.1 Å². The van der Waals surface area contributed by atoms with E-state index in [1.807, 2.05) is 102 Å². The fourth-order valence-corrected chi connectivity index (χ4v) is 8.26. The van der Waals surface area contributed by atoms with E-state index < -0.39 is 16.8 Å². The fourth-order valence-electron chi connectivity index (χ4n) is 6.80. The molecule has 1 atom stereocenters. The normalized spacial score (nSPS) is 12.3. The number of aliphatic hydroxyl groups excluding tert-OH is 1. The number of allylic oxidation sites excluding steroid dienone is 1. The third-order valence-electron chi connectivity index (χ3n) is 9.25. The van der Waals surface area contributed by atoms with Crippen molar-refractivity contribution in [1.82, 2.24) is 15.2 Å². The number of aliphatic hydroxyl groups is 1. The lowest BCUT2D eigenvalue weighted by Gasteiger charge is -2.35. The number of nitrogens with one attached hydrogen (secondary N) is 1. The van der Waals surface area contributed by atoms with Crippen molar-refractivity contribution in [2.75, 3.05) is 12.3 Å². The number of carboxylic acids is 1. The van der Waals surface area contributed by atoms with E-state index >= 15 is 0 Å². The fraction of sp³-hybridized carbons (Fsp3) is 0.196. The molecule has 5 aromatic carbocycles. The van der Waals surface area contributed by atoms with Gasteiger partial charge in [-0.05, 0) is 57.3 Å². The Bertz CT molecular complexity index is 2040. The van der Waals surface area contributed by atoms with Crippen molar-refractivity contribution in [3.8, 4) is 0 Å². The summed E-state index contributed by atoms with van der Waals surface area (Å²) in [6.07, 6.45) is 3.37. The van der Waals surface area contributed by atoms with Crippen molar-refractivity contribution in [1.29, 1.82) is 0 Å². The maximum Gasteiger partial charge on any atom is 0.317 e. The van der Waals surface area contributed by atoms with Crippen LogP contribution in [0.5, 0.6) is 0 Å². The predicted octanol–water partition coefficient (Wildman–Crippen LogP) is 8.36. The van der Waals surface area contributed by atoms with Gasteiger partial charge in [-0.1, -0.05) is 152 Å². The van der Waals surface area contributed by atoms with Crippen LogP contribution in [0.3, 0.4) is 0 Å². The maximum absolute atomic E-state index is 12.8. The number of carboxylic acid groups (broad SMARTS) is 1. The van der Waals surface area contributed by atoms with Crippen LogP contribution < -0.4 is 5.32 Å². The highest BCUT2D eigenvalue weighted by Gasteiger charge is 2.36. The number of amides is 1. The zero-order valence-corrected chi connectivity index (χ0v) is 30.9.